The largest absolute Gasteiger partial charge is 0.488 e. The van der Waals surface area contributed by atoms with Crippen LogP contribution >= 0.6 is 24.0 Å². The minimum Gasteiger partial charge on any atom is -0.488 e. The zero-order valence-electron chi connectivity index (χ0n) is 20.0. The number of aromatic nitrogens is 3. The molecular weight excluding hydrogens is 496 g/mol. The van der Waals surface area contributed by atoms with Crippen LogP contribution in [0.2, 0.25) is 5.02 Å². The number of nitrogens with one attached hydrogen (secondary N) is 1. The Morgan fingerprint density at radius 3 is 2.37 bits per heavy atom. The Bertz CT molecular complexity index is 1270. The third-order valence-corrected chi connectivity index (χ3v) is 5.35. The molecule has 3 rings (SSSR count). The highest BCUT2D eigenvalue weighted by Gasteiger charge is 2.22. The standard InChI is InChI=1S/C24H29ClFN5O3.ClH/c1-15(2)34-20-10-9-18(11-19(20)26)28-21-29-22(32)31(14-24(3,4)13-27)23(33)30(21)12-16-5-7-17(25)8-6-16;/h5-11,15H,12-14,27H2,1-4H3,(H,28,29,32);1H. The van der Waals surface area contributed by atoms with Crippen LogP contribution in [0.3, 0.4) is 0 Å². The van der Waals surface area contributed by atoms with Gasteiger partial charge >= 0.3 is 11.4 Å². The van der Waals surface area contributed by atoms with Crippen molar-refractivity contribution in [3.8, 4) is 5.75 Å². The molecule has 3 N–H and O–H groups in total. The quantitative estimate of drug-likeness (QED) is 0.434. The van der Waals surface area contributed by atoms with Gasteiger partial charge in [0.2, 0.25) is 5.95 Å². The molecule has 11 heteroatoms. The maximum atomic E-state index is 14.5. The van der Waals surface area contributed by atoms with Gasteiger partial charge in [-0.05, 0) is 55.6 Å². The molecule has 0 saturated heterocycles. The summed E-state index contributed by atoms with van der Waals surface area (Å²) < 4.78 is 22.3. The average molecular weight is 526 g/mol. The van der Waals surface area contributed by atoms with Gasteiger partial charge in [-0.15, -0.1) is 12.4 Å². The average Bonchev–Trinajstić information content (AvgIpc) is 2.77. The third-order valence-electron chi connectivity index (χ3n) is 5.09. The fraction of sp³-hybridized carbons (Fsp3) is 0.375. The Morgan fingerprint density at radius 2 is 1.80 bits per heavy atom. The first kappa shape index (κ1) is 28.4. The Hall–Kier alpha value is -2.88. The fourth-order valence-electron chi connectivity index (χ4n) is 3.22. The van der Waals surface area contributed by atoms with Gasteiger partial charge in [0, 0.05) is 23.3 Å². The maximum absolute atomic E-state index is 14.5. The molecule has 0 radical (unpaired) electrons. The number of halogens is 3. The van der Waals surface area contributed by atoms with Gasteiger partial charge in [0.1, 0.15) is 0 Å². The van der Waals surface area contributed by atoms with Crippen LogP contribution in [0.25, 0.3) is 0 Å². The van der Waals surface area contributed by atoms with Gasteiger partial charge in [0.05, 0.1) is 12.6 Å². The smallest absolute Gasteiger partial charge is 0.354 e. The molecule has 0 spiro atoms. The Morgan fingerprint density at radius 1 is 1.14 bits per heavy atom. The number of hydrogen-bond donors (Lipinski definition) is 2. The topological polar surface area (TPSA) is 104 Å². The van der Waals surface area contributed by atoms with E-state index in [0.29, 0.717) is 10.7 Å². The molecule has 35 heavy (non-hydrogen) atoms. The molecule has 0 aliphatic carbocycles. The van der Waals surface area contributed by atoms with E-state index in [1.807, 2.05) is 13.8 Å². The molecule has 8 nitrogen and oxygen atoms in total. The normalized spacial score (nSPS) is 11.3. The lowest BCUT2D eigenvalue weighted by Gasteiger charge is -2.24. The van der Waals surface area contributed by atoms with E-state index in [4.69, 9.17) is 22.1 Å². The summed E-state index contributed by atoms with van der Waals surface area (Å²) in [5, 5.41) is 3.46. The van der Waals surface area contributed by atoms with Gasteiger partial charge in [-0.3, -0.25) is 4.57 Å². The SMILES string of the molecule is CC(C)Oc1ccc(Nc2nc(=O)n(CC(C)(C)CN)c(=O)n2Cc2ccc(Cl)cc2)cc1F.Cl. The Kier molecular flexibility index (Phi) is 9.48. The van der Waals surface area contributed by atoms with Crippen molar-refractivity contribution >= 4 is 35.6 Å². The highest BCUT2D eigenvalue weighted by Crippen LogP contribution is 2.24. The van der Waals surface area contributed by atoms with Crippen LogP contribution in [-0.4, -0.2) is 26.8 Å². The summed E-state index contributed by atoms with van der Waals surface area (Å²) in [5.41, 5.74) is 5.11. The number of nitrogens with zero attached hydrogens (tertiary/aromatic N) is 3. The first-order valence-corrected chi connectivity index (χ1v) is 11.3. The molecule has 0 aliphatic rings. The molecule has 1 aromatic heterocycles. The number of hydrogen-bond acceptors (Lipinski definition) is 6. The molecule has 3 aromatic rings. The van der Waals surface area contributed by atoms with E-state index in [-0.39, 0.29) is 49.8 Å². The maximum Gasteiger partial charge on any atom is 0.354 e. The molecule has 0 aliphatic heterocycles. The zero-order valence-corrected chi connectivity index (χ0v) is 21.6. The first-order chi connectivity index (χ1) is 16.0. The van der Waals surface area contributed by atoms with Crippen LogP contribution in [0.4, 0.5) is 16.0 Å². The van der Waals surface area contributed by atoms with Crippen LogP contribution in [0, 0.1) is 11.2 Å². The molecule has 0 amide bonds. The van der Waals surface area contributed by atoms with E-state index < -0.39 is 22.6 Å². The highest BCUT2D eigenvalue weighted by atomic mass is 35.5. The van der Waals surface area contributed by atoms with Crippen molar-refractivity contribution in [2.45, 2.75) is 46.9 Å². The molecule has 0 fully saturated rings. The van der Waals surface area contributed by atoms with Gasteiger partial charge in [-0.1, -0.05) is 37.6 Å². The van der Waals surface area contributed by atoms with Crippen LogP contribution in [0.15, 0.2) is 52.1 Å². The summed E-state index contributed by atoms with van der Waals surface area (Å²) in [7, 11) is 0. The second-order valence-electron chi connectivity index (χ2n) is 9.10. The molecule has 190 valence electrons. The first-order valence-electron chi connectivity index (χ1n) is 10.9. The van der Waals surface area contributed by atoms with Crippen molar-refractivity contribution < 1.29 is 9.13 Å². The van der Waals surface area contributed by atoms with Crippen molar-refractivity contribution in [3.63, 3.8) is 0 Å². The lowest BCUT2D eigenvalue weighted by Crippen LogP contribution is -2.46. The molecule has 2 aromatic carbocycles. The lowest BCUT2D eigenvalue weighted by molar-refractivity contribution is 0.231. The predicted octanol–water partition coefficient (Wildman–Crippen LogP) is 4.18. The minimum atomic E-state index is -0.721. The lowest BCUT2D eigenvalue weighted by atomic mass is 9.94. The Balaban J connectivity index is 0.00000432. The van der Waals surface area contributed by atoms with Gasteiger partial charge in [-0.25, -0.2) is 18.5 Å². The summed E-state index contributed by atoms with van der Waals surface area (Å²) in [6.45, 7) is 7.81. The molecule has 0 saturated carbocycles. The van der Waals surface area contributed by atoms with E-state index in [9.17, 15) is 14.0 Å². The van der Waals surface area contributed by atoms with E-state index in [1.54, 1.807) is 44.2 Å². The molecule has 1 heterocycles. The number of rotatable bonds is 9. The van der Waals surface area contributed by atoms with E-state index in [2.05, 4.69) is 10.3 Å². The van der Waals surface area contributed by atoms with Gasteiger partial charge in [0.15, 0.2) is 11.6 Å². The van der Waals surface area contributed by atoms with Crippen LogP contribution < -0.4 is 27.2 Å². The van der Waals surface area contributed by atoms with E-state index in [0.717, 1.165) is 10.1 Å². The Labute approximate surface area is 214 Å². The van der Waals surface area contributed by atoms with Crippen LogP contribution in [-0.2, 0) is 13.1 Å². The molecular formula is C24H30Cl2FN5O3. The number of benzene rings is 2. The highest BCUT2D eigenvalue weighted by molar-refractivity contribution is 6.30. The van der Waals surface area contributed by atoms with Crippen LogP contribution in [0.5, 0.6) is 5.75 Å². The van der Waals surface area contributed by atoms with Gasteiger partial charge in [-0.2, -0.15) is 4.98 Å². The van der Waals surface area contributed by atoms with E-state index >= 15 is 0 Å². The van der Waals surface area contributed by atoms with Crippen molar-refractivity contribution in [1.29, 1.82) is 0 Å². The summed E-state index contributed by atoms with van der Waals surface area (Å²) >= 11 is 5.98. The van der Waals surface area contributed by atoms with Gasteiger partial charge < -0.3 is 15.8 Å². The summed E-state index contributed by atoms with van der Waals surface area (Å²) in [6.07, 6.45) is -0.190. The van der Waals surface area contributed by atoms with Crippen molar-refractivity contribution in [2.24, 2.45) is 11.1 Å². The molecule has 0 unspecified atom stereocenters. The number of nitrogens with two attached hydrogens (primary N) is 1. The minimum absolute atomic E-state index is 0. The van der Waals surface area contributed by atoms with Crippen molar-refractivity contribution in [3.05, 3.63) is 79.8 Å². The zero-order chi connectivity index (χ0) is 25.0. The summed E-state index contributed by atoms with van der Waals surface area (Å²) in [6, 6.07) is 11.2. The summed E-state index contributed by atoms with van der Waals surface area (Å²) in [4.78, 5) is 30.3. The van der Waals surface area contributed by atoms with Crippen LogP contribution in [0.1, 0.15) is 33.3 Å². The van der Waals surface area contributed by atoms with E-state index in [1.165, 1.54) is 16.7 Å². The number of ether oxygens (including phenoxy) is 1. The monoisotopic (exact) mass is 525 g/mol. The fourth-order valence-corrected chi connectivity index (χ4v) is 3.35. The third kappa shape index (κ3) is 7.30. The second-order valence-corrected chi connectivity index (χ2v) is 9.54. The molecule has 0 bridgehead atoms. The van der Waals surface area contributed by atoms with Crippen molar-refractivity contribution in [1.82, 2.24) is 14.1 Å². The predicted molar refractivity (Wildman–Crippen MR) is 139 cm³/mol. The molecule has 0 atom stereocenters. The second kappa shape index (κ2) is 11.7. The van der Waals surface area contributed by atoms with Crippen molar-refractivity contribution in [2.75, 3.05) is 11.9 Å². The number of anilines is 2. The summed E-state index contributed by atoms with van der Waals surface area (Å²) in [5.74, 6) is -0.487. The van der Waals surface area contributed by atoms with Gasteiger partial charge in [0.25, 0.3) is 0 Å².